The molecule has 1 unspecified atom stereocenters. The van der Waals surface area contributed by atoms with Crippen LogP contribution in [0.1, 0.15) is 36.1 Å². The van der Waals surface area contributed by atoms with Gasteiger partial charge in [0.25, 0.3) is 0 Å². The maximum atomic E-state index is 9.28. The van der Waals surface area contributed by atoms with Gasteiger partial charge in [0, 0.05) is 42.8 Å². The van der Waals surface area contributed by atoms with Gasteiger partial charge < -0.3 is 0 Å². The van der Waals surface area contributed by atoms with Crippen molar-refractivity contribution in [3.05, 3.63) is 94.0 Å². The van der Waals surface area contributed by atoms with Crippen molar-refractivity contribution in [1.82, 2.24) is 9.80 Å². The maximum Gasteiger partial charge on any atom is 0.0991 e. The van der Waals surface area contributed by atoms with Gasteiger partial charge in [0.1, 0.15) is 0 Å². The van der Waals surface area contributed by atoms with E-state index in [1.54, 1.807) is 0 Å². The van der Waals surface area contributed by atoms with E-state index >= 15 is 0 Å². The van der Waals surface area contributed by atoms with Crippen molar-refractivity contribution in [2.24, 2.45) is 0 Å². The fourth-order valence-corrected chi connectivity index (χ4v) is 5.02. The molecule has 1 saturated heterocycles. The first-order valence-corrected chi connectivity index (χ1v) is 11.4. The van der Waals surface area contributed by atoms with E-state index in [1.165, 1.54) is 11.1 Å². The third-order valence-corrected chi connectivity index (χ3v) is 7.24. The second-order valence-corrected chi connectivity index (χ2v) is 9.13. The van der Waals surface area contributed by atoms with Gasteiger partial charge in [-0.15, -0.1) is 0 Å². The Kier molecular flexibility index (Phi) is 6.77. The molecule has 1 fully saturated rings. The van der Waals surface area contributed by atoms with Crippen molar-refractivity contribution < 1.29 is 0 Å². The molecule has 1 aliphatic heterocycles. The van der Waals surface area contributed by atoms with Crippen molar-refractivity contribution in [2.75, 3.05) is 26.2 Å². The van der Waals surface area contributed by atoms with Crippen LogP contribution in [0.3, 0.4) is 0 Å². The van der Waals surface area contributed by atoms with Gasteiger partial charge in [0.2, 0.25) is 0 Å². The number of halogens is 1. The highest BCUT2D eigenvalue weighted by atomic mass is 35.5. The Bertz CT molecular complexity index is 1090. The summed E-state index contributed by atoms with van der Waals surface area (Å²) in [7, 11) is 0. The molecule has 0 bridgehead atoms. The average Bonchev–Trinajstić information content (AvgIpc) is 2.85. The van der Waals surface area contributed by atoms with E-state index in [-0.39, 0.29) is 11.6 Å². The van der Waals surface area contributed by atoms with Crippen LogP contribution in [0.15, 0.2) is 77.4 Å². The van der Waals surface area contributed by atoms with Crippen LogP contribution in [0, 0.1) is 22.7 Å². The van der Waals surface area contributed by atoms with E-state index in [0.717, 1.165) is 44.1 Å². The zero-order valence-electron chi connectivity index (χ0n) is 18.3. The Labute approximate surface area is 195 Å². The lowest BCUT2D eigenvalue weighted by Gasteiger charge is -2.51. The molecule has 0 radical (unpaired) electrons. The van der Waals surface area contributed by atoms with Crippen LogP contribution < -0.4 is 0 Å². The fraction of sp³-hybridized carbons (Fsp3) is 0.333. The van der Waals surface area contributed by atoms with Crippen LogP contribution in [0.5, 0.6) is 0 Å². The summed E-state index contributed by atoms with van der Waals surface area (Å²) in [6.45, 7) is 5.97. The predicted molar refractivity (Wildman–Crippen MR) is 128 cm³/mol. The quantitative estimate of drug-likeness (QED) is 0.639. The Balaban J connectivity index is 1.52. The van der Waals surface area contributed by atoms with E-state index in [2.05, 4.69) is 71.3 Å². The van der Waals surface area contributed by atoms with Crippen LogP contribution in [0.2, 0.25) is 0 Å². The van der Waals surface area contributed by atoms with Gasteiger partial charge in [0.05, 0.1) is 23.2 Å². The standard InChI is InChI=1S/C27H27ClN4/c1-27(13-11-23(19-30)17-26(27)28)32-16-15-31(20-25(32)24-5-3-2-4-6-24)14-12-21-7-9-22(18-29)10-8-21/h2-11,17,25H,12-16,20H2,1H3/t25-,27?/m0/s1. The smallest absolute Gasteiger partial charge is 0.0991 e. The van der Waals surface area contributed by atoms with Crippen molar-refractivity contribution in [3.8, 4) is 12.1 Å². The number of hydrogen-bond acceptors (Lipinski definition) is 4. The average molecular weight is 443 g/mol. The van der Waals surface area contributed by atoms with E-state index in [9.17, 15) is 5.26 Å². The molecular weight excluding hydrogens is 416 g/mol. The van der Waals surface area contributed by atoms with Crippen molar-refractivity contribution in [2.45, 2.75) is 31.3 Å². The molecular formula is C27H27ClN4. The summed E-state index contributed by atoms with van der Waals surface area (Å²) in [5.74, 6) is 0. The van der Waals surface area contributed by atoms with Crippen LogP contribution >= 0.6 is 11.6 Å². The van der Waals surface area contributed by atoms with Crippen LogP contribution in [0.4, 0.5) is 0 Å². The molecule has 0 amide bonds. The van der Waals surface area contributed by atoms with Gasteiger partial charge in [0.15, 0.2) is 0 Å². The second kappa shape index (κ2) is 9.72. The third kappa shape index (κ3) is 4.64. The highest BCUT2D eigenvalue weighted by Crippen LogP contribution is 2.42. The lowest BCUT2D eigenvalue weighted by molar-refractivity contribution is 0.0127. The molecule has 2 aromatic carbocycles. The van der Waals surface area contributed by atoms with Gasteiger partial charge in [-0.2, -0.15) is 10.5 Å². The van der Waals surface area contributed by atoms with Crippen LogP contribution in [-0.2, 0) is 6.42 Å². The number of allylic oxidation sites excluding steroid dienone is 2. The zero-order chi connectivity index (χ0) is 22.6. The van der Waals surface area contributed by atoms with Gasteiger partial charge in [-0.1, -0.05) is 60.1 Å². The number of hydrogen-bond donors (Lipinski definition) is 0. The largest absolute Gasteiger partial charge is 0.300 e. The normalized spacial score (nSPS) is 24.2. The fourth-order valence-electron chi connectivity index (χ4n) is 4.72. The molecule has 0 N–H and O–H groups in total. The first kappa shape index (κ1) is 22.3. The summed E-state index contributed by atoms with van der Waals surface area (Å²) < 4.78 is 0. The Morgan fingerprint density at radius 2 is 1.78 bits per heavy atom. The Hall–Kier alpha value is -2.89. The van der Waals surface area contributed by atoms with Gasteiger partial charge in [-0.25, -0.2) is 0 Å². The SMILES string of the molecule is CC1(N2CCN(CCc3ccc(C#N)cc3)C[C@H]2c2ccccc2)CC=C(C#N)C=C1Cl. The first-order valence-electron chi connectivity index (χ1n) is 11.0. The first-order chi connectivity index (χ1) is 15.5. The Morgan fingerprint density at radius 3 is 2.44 bits per heavy atom. The summed E-state index contributed by atoms with van der Waals surface area (Å²) in [6.07, 6.45) is 5.52. The van der Waals surface area contributed by atoms with Crippen LogP contribution in [0.25, 0.3) is 0 Å². The monoisotopic (exact) mass is 442 g/mol. The van der Waals surface area contributed by atoms with Crippen molar-refractivity contribution in [1.29, 1.82) is 10.5 Å². The van der Waals surface area contributed by atoms with Gasteiger partial charge >= 0.3 is 0 Å². The highest BCUT2D eigenvalue weighted by Gasteiger charge is 2.42. The number of benzene rings is 2. The molecule has 4 nitrogen and oxygen atoms in total. The lowest BCUT2D eigenvalue weighted by atomic mass is 9.85. The third-order valence-electron chi connectivity index (χ3n) is 6.73. The molecule has 4 rings (SSSR count). The minimum atomic E-state index is -0.318. The Morgan fingerprint density at radius 1 is 1.03 bits per heavy atom. The van der Waals surface area contributed by atoms with E-state index in [4.69, 9.17) is 16.9 Å². The topological polar surface area (TPSA) is 54.1 Å². The summed E-state index contributed by atoms with van der Waals surface area (Å²) in [5.41, 5.74) is 3.57. The molecule has 1 heterocycles. The molecule has 2 aromatic rings. The molecule has 0 spiro atoms. The minimum absolute atomic E-state index is 0.218. The molecule has 32 heavy (non-hydrogen) atoms. The summed E-state index contributed by atoms with van der Waals surface area (Å²) in [4.78, 5) is 5.04. The zero-order valence-corrected chi connectivity index (χ0v) is 19.1. The van der Waals surface area contributed by atoms with E-state index in [1.807, 2.05) is 24.3 Å². The summed E-state index contributed by atoms with van der Waals surface area (Å²) in [6, 6.07) is 23.1. The molecule has 2 atom stereocenters. The highest BCUT2D eigenvalue weighted by molar-refractivity contribution is 6.31. The predicted octanol–water partition coefficient (Wildman–Crippen LogP) is 5.19. The molecule has 5 heteroatoms. The second-order valence-electron chi connectivity index (χ2n) is 8.72. The number of rotatable bonds is 5. The van der Waals surface area contributed by atoms with Gasteiger partial charge in [-0.3, -0.25) is 9.80 Å². The number of nitrogens with zero attached hydrogens (tertiary/aromatic N) is 4. The molecule has 0 aromatic heterocycles. The van der Waals surface area contributed by atoms with Gasteiger partial charge in [-0.05, 0) is 49.1 Å². The molecule has 2 aliphatic rings. The maximum absolute atomic E-state index is 9.28. The summed E-state index contributed by atoms with van der Waals surface area (Å²) in [5, 5.41) is 19.0. The molecule has 162 valence electrons. The van der Waals surface area contributed by atoms with E-state index < -0.39 is 0 Å². The summed E-state index contributed by atoms with van der Waals surface area (Å²) >= 11 is 6.78. The van der Waals surface area contributed by atoms with Crippen molar-refractivity contribution >= 4 is 11.6 Å². The van der Waals surface area contributed by atoms with Crippen LogP contribution in [-0.4, -0.2) is 41.5 Å². The lowest BCUT2D eigenvalue weighted by Crippen LogP contribution is -2.58. The molecule has 0 saturated carbocycles. The number of nitriles is 2. The van der Waals surface area contributed by atoms with E-state index in [0.29, 0.717) is 11.1 Å². The molecule has 1 aliphatic carbocycles. The minimum Gasteiger partial charge on any atom is -0.300 e. The van der Waals surface area contributed by atoms with Crippen molar-refractivity contribution in [3.63, 3.8) is 0 Å². The number of piperazine rings is 1.